The Hall–Kier alpha value is -0.860. The molecule has 0 bridgehead atoms. The summed E-state index contributed by atoms with van der Waals surface area (Å²) in [6, 6.07) is 8.17. The molecule has 0 amide bonds. The molecule has 1 aromatic rings. The van der Waals surface area contributed by atoms with Crippen LogP contribution in [-0.2, 0) is 11.3 Å². The van der Waals surface area contributed by atoms with Crippen molar-refractivity contribution in [2.75, 3.05) is 7.11 Å². The molecule has 1 aromatic carbocycles. The summed E-state index contributed by atoms with van der Waals surface area (Å²) in [5.41, 5.74) is 7.82. The maximum atomic E-state index is 5.48. The second kappa shape index (κ2) is 4.24. The maximum Gasteiger partial charge on any atom is 0.0793 e. The number of ether oxygens (including phenoxy) is 1. The van der Waals surface area contributed by atoms with E-state index < -0.39 is 0 Å². The van der Waals surface area contributed by atoms with Gasteiger partial charge in [0.05, 0.1) is 6.10 Å². The molecule has 0 aliphatic heterocycles. The van der Waals surface area contributed by atoms with Crippen molar-refractivity contribution in [2.45, 2.75) is 19.6 Å². The summed E-state index contributed by atoms with van der Waals surface area (Å²) in [4.78, 5) is 0. The van der Waals surface area contributed by atoms with Crippen LogP contribution in [0.3, 0.4) is 0 Å². The van der Waals surface area contributed by atoms with Gasteiger partial charge in [-0.25, -0.2) is 0 Å². The molecule has 2 nitrogen and oxygen atoms in total. The van der Waals surface area contributed by atoms with Gasteiger partial charge >= 0.3 is 0 Å². The summed E-state index contributed by atoms with van der Waals surface area (Å²) in [5, 5.41) is 0. The van der Waals surface area contributed by atoms with E-state index in [0.29, 0.717) is 6.54 Å². The van der Waals surface area contributed by atoms with Gasteiger partial charge in [-0.05, 0) is 18.1 Å². The predicted molar refractivity (Wildman–Crippen MR) is 49.8 cm³/mol. The highest BCUT2D eigenvalue weighted by molar-refractivity contribution is 5.23. The zero-order valence-corrected chi connectivity index (χ0v) is 7.58. The third kappa shape index (κ3) is 2.06. The minimum Gasteiger partial charge on any atom is -0.377 e. The molecule has 0 radical (unpaired) electrons. The summed E-state index contributed by atoms with van der Waals surface area (Å²) >= 11 is 0. The number of hydrogen-bond acceptors (Lipinski definition) is 2. The van der Waals surface area contributed by atoms with Gasteiger partial charge in [0.15, 0.2) is 0 Å². The topological polar surface area (TPSA) is 35.2 Å². The summed E-state index contributed by atoms with van der Waals surface area (Å²) in [6.45, 7) is 2.62. The summed E-state index contributed by atoms with van der Waals surface area (Å²) in [5.74, 6) is 0. The number of nitrogens with two attached hydrogens (primary N) is 1. The van der Waals surface area contributed by atoms with E-state index in [4.69, 9.17) is 10.5 Å². The Labute approximate surface area is 73.3 Å². The molecule has 12 heavy (non-hydrogen) atoms. The summed E-state index contributed by atoms with van der Waals surface area (Å²) in [6.07, 6.45) is 0.164. The van der Waals surface area contributed by atoms with Crippen molar-refractivity contribution < 1.29 is 4.74 Å². The zero-order valence-electron chi connectivity index (χ0n) is 7.58. The molecule has 0 aliphatic rings. The van der Waals surface area contributed by atoms with E-state index in [2.05, 4.69) is 12.1 Å². The quantitative estimate of drug-likeness (QED) is 0.741. The van der Waals surface area contributed by atoms with Crippen LogP contribution in [0.4, 0.5) is 0 Å². The van der Waals surface area contributed by atoms with Crippen LogP contribution in [0, 0.1) is 0 Å². The molecule has 0 saturated heterocycles. The Bertz CT molecular complexity index is 230. The first-order valence-electron chi connectivity index (χ1n) is 4.09. The number of hydrogen-bond donors (Lipinski definition) is 1. The smallest absolute Gasteiger partial charge is 0.0793 e. The number of benzene rings is 1. The van der Waals surface area contributed by atoms with Gasteiger partial charge < -0.3 is 10.5 Å². The lowest BCUT2D eigenvalue weighted by Gasteiger charge is -2.09. The van der Waals surface area contributed by atoms with Crippen molar-refractivity contribution in [3.05, 3.63) is 35.4 Å². The van der Waals surface area contributed by atoms with Crippen LogP contribution < -0.4 is 5.73 Å². The Kier molecular flexibility index (Phi) is 3.26. The second-order valence-electron chi connectivity index (χ2n) is 2.82. The van der Waals surface area contributed by atoms with Gasteiger partial charge in [0.25, 0.3) is 0 Å². The average Bonchev–Trinajstić information content (AvgIpc) is 2.17. The van der Waals surface area contributed by atoms with Crippen LogP contribution in [0.25, 0.3) is 0 Å². The van der Waals surface area contributed by atoms with Crippen LogP contribution in [-0.4, -0.2) is 7.11 Å². The standard InChI is InChI=1S/C10H15NO/c1-8(12-2)10-5-3-9(7-11)4-6-10/h3-6,8H,7,11H2,1-2H3/t8-/m1/s1. The van der Waals surface area contributed by atoms with E-state index >= 15 is 0 Å². The van der Waals surface area contributed by atoms with Gasteiger partial charge in [-0.2, -0.15) is 0 Å². The van der Waals surface area contributed by atoms with E-state index in [1.807, 2.05) is 19.1 Å². The molecule has 2 heteroatoms. The molecule has 1 rings (SSSR count). The Morgan fingerprint density at radius 3 is 2.33 bits per heavy atom. The summed E-state index contributed by atoms with van der Waals surface area (Å²) in [7, 11) is 1.71. The van der Waals surface area contributed by atoms with Crippen molar-refractivity contribution in [1.82, 2.24) is 0 Å². The predicted octanol–water partition coefficient (Wildman–Crippen LogP) is 1.85. The lowest BCUT2D eigenvalue weighted by Crippen LogP contribution is -1.98. The molecule has 0 fully saturated rings. The third-order valence-corrected chi connectivity index (χ3v) is 2.04. The highest BCUT2D eigenvalue weighted by Gasteiger charge is 2.01. The van der Waals surface area contributed by atoms with Crippen molar-refractivity contribution in [3.8, 4) is 0 Å². The summed E-state index contributed by atoms with van der Waals surface area (Å²) < 4.78 is 5.18. The monoisotopic (exact) mass is 165 g/mol. The van der Waals surface area contributed by atoms with Gasteiger partial charge in [0.2, 0.25) is 0 Å². The van der Waals surface area contributed by atoms with Gasteiger partial charge in [0.1, 0.15) is 0 Å². The van der Waals surface area contributed by atoms with Crippen LogP contribution >= 0.6 is 0 Å². The Balaban J connectivity index is 2.77. The van der Waals surface area contributed by atoms with Crippen molar-refractivity contribution in [1.29, 1.82) is 0 Å². The van der Waals surface area contributed by atoms with Crippen LogP contribution in [0.5, 0.6) is 0 Å². The molecule has 66 valence electrons. The largest absolute Gasteiger partial charge is 0.377 e. The van der Waals surface area contributed by atoms with Gasteiger partial charge in [0, 0.05) is 13.7 Å². The van der Waals surface area contributed by atoms with Gasteiger partial charge in [-0.3, -0.25) is 0 Å². The maximum absolute atomic E-state index is 5.48. The fourth-order valence-electron chi connectivity index (χ4n) is 1.06. The fourth-order valence-corrected chi connectivity index (χ4v) is 1.06. The second-order valence-corrected chi connectivity index (χ2v) is 2.82. The first kappa shape index (κ1) is 9.23. The third-order valence-electron chi connectivity index (χ3n) is 2.04. The van der Waals surface area contributed by atoms with Gasteiger partial charge in [-0.1, -0.05) is 24.3 Å². The first-order chi connectivity index (χ1) is 5.77. The fraction of sp³-hybridized carbons (Fsp3) is 0.400. The highest BCUT2D eigenvalue weighted by atomic mass is 16.5. The van der Waals surface area contributed by atoms with Crippen LogP contribution in [0.2, 0.25) is 0 Å². The van der Waals surface area contributed by atoms with Gasteiger partial charge in [-0.15, -0.1) is 0 Å². The molecule has 0 spiro atoms. The van der Waals surface area contributed by atoms with Crippen molar-refractivity contribution in [3.63, 3.8) is 0 Å². The van der Waals surface area contributed by atoms with Crippen molar-refractivity contribution >= 4 is 0 Å². The molecule has 0 unspecified atom stereocenters. The number of methoxy groups -OCH3 is 1. The van der Waals surface area contributed by atoms with E-state index in [1.165, 1.54) is 5.56 Å². The molecule has 1 atom stereocenters. The number of rotatable bonds is 3. The van der Waals surface area contributed by atoms with Crippen LogP contribution in [0.1, 0.15) is 24.2 Å². The minimum absolute atomic E-state index is 0.164. The average molecular weight is 165 g/mol. The van der Waals surface area contributed by atoms with E-state index in [9.17, 15) is 0 Å². The lowest BCUT2D eigenvalue weighted by atomic mass is 10.1. The molecule has 0 aromatic heterocycles. The lowest BCUT2D eigenvalue weighted by molar-refractivity contribution is 0.119. The SMILES string of the molecule is CO[C@H](C)c1ccc(CN)cc1. The normalized spacial score (nSPS) is 12.9. The highest BCUT2D eigenvalue weighted by Crippen LogP contribution is 2.15. The van der Waals surface area contributed by atoms with Crippen molar-refractivity contribution in [2.24, 2.45) is 5.73 Å². The molecular weight excluding hydrogens is 150 g/mol. The van der Waals surface area contributed by atoms with E-state index in [1.54, 1.807) is 7.11 Å². The molecule has 0 aliphatic carbocycles. The van der Waals surface area contributed by atoms with E-state index in [0.717, 1.165) is 5.56 Å². The van der Waals surface area contributed by atoms with Crippen LogP contribution in [0.15, 0.2) is 24.3 Å². The Morgan fingerprint density at radius 1 is 1.33 bits per heavy atom. The molecule has 2 N–H and O–H groups in total. The first-order valence-corrected chi connectivity index (χ1v) is 4.09. The Morgan fingerprint density at radius 2 is 1.92 bits per heavy atom. The molecule has 0 saturated carbocycles. The molecular formula is C10H15NO. The van der Waals surface area contributed by atoms with E-state index in [-0.39, 0.29) is 6.10 Å². The zero-order chi connectivity index (χ0) is 8.97. The molecule has 0 heterocycles. The minimum atomic E-state index is 0.164.